The first-order chi connectivity index (χ1) is 14.1. The van der Waals surface area contributed by atoms with Gasteiger partial charge in [-0.3, -0.25) is 14.3 Å². The second-order valence-electron chi connectivity index (χ2n) is 8.02. The van der Waals surface area contributed by atoms with Gasteiger partial charge in [-0.15, -0.1) is 0 Å². The van der Waals surface area contributed by atoms with Crippen molar-refractivity contribution in [3.8, 4) is 11.1 Å². The van der Waals surface area contributed by atoms with Gasteiger partial charge in [0.15, 0.2) is 0 Å². The maximum atomic E-state index is 12.9. The molecule has 0 radical (unpaired) electrons. The van der Waals surface area contributed by atoms with E-state index in [4.69, 9.17) is 0 Å². The van der Waals surface area contributed by atoms with Crippen molar-refractivity contribution < 1.29 is 22.8 Å². The molecule has 0 unspecified atom stereocenters. The van der Waals surface area contributed by atoms with E-state index < -0.39 is 12.6 Å². The summed E-state index contributed by atoms with van der Waals surface area (Å²) in [5.41, 5.74) is 2.72. The first-order valence-electron chi connectivity index (χ1n) is 9.99. The summed E-state index contributed by atoms with van der Waals surface area (Å²) in [6.45, 7) is 3.57. The van der Waals surface area contributed by atoms with E-state index in [1.165, 1.54) is 17.8 Å². The molecule has 2 heterocycles. The number of anilines is 2. The SMILES string of the molecule is CC(=O)N1c2ccc(-c3cnn(CCC(F)(F)F)c3)cc2N(C(=O)C2CC2)C[C@@H]1C. The zero-order valence-corrected chi connectivity index (χ0v) is 16.8. The van der Waals surface area contributed by atoms with Gasteiger partial charge in [0.2, 0.25) is 11.8 Å². The summed E-state index contributed by atoms with van der Waals surface area (Å²) in [5.74, 6) is -0.0120. The number of fused-ring (bicyclic) bond motifs is 1. The van der Waals surface area contributed by atoms with E-state index in [0.717, 1.165) is 18.4 Å². The van der Waals surface area contributed by atoms with Crippen molar-refractivity contribution in [2.24, 2.45) is 5.92 Å². The van der Waals surface area contributed by atoms with E-state index >= 15 is 0 Å². The van der Waals surface area contributed by atoms with Crippen molar-refractivity contribution in [2.45, 2.75) is 51.9 Å². The quantitative estimate of drug-likeness (QED) is 0.751. The third-order valence-corrected chi connectivity index (χ3v) is 5.54. The highest BCUT2D eigenvalue weighted by Gasteiger charge is 2.39. The summed E-state index contributed by atoms with van der Waals surface area (Å²) >= 11 is 0. The molecule has 0 N–H and O–H groups in total. The second-order valence-corrected chi connectivity index (χ2v) is 8.02. The minimum absolute atomic E-state index is 0.0303. The van der Waals surface area contributed by atoms with E-state index in [-0.39, 0.29) is 30.3 Å². The van der Waals surface area contributed by atoms with Crippen molar-refractivity contribution >= 4 is 23.2 Å². The summed E-state index contributed by atoms with van der Waals surface area (Å²) in [5, 5.41) is 4.03. The molecule has 2 aliphatic rings. The molecule has 30 heavy (non-hydrogen) atoms. The number of nitrogens with zero attached hydrogens (tertiary/aromatic N) is 4. The van der Waals surface area contributed by atoms with Crippen LogP contribution in [-0.2, 0) is 16.1 Å². The molecule has 1 fully saturated rings. The molecule has 2 amide bonds. The van der Waals surface area contributed by atoms with Crippen LogP contribution in [0.15, 0.2) is 30.6 Å². The van der Waals surface area contributed by atoms with Crippen LogP contribution >= 0.6 is 0 Å². The van der Waals surface area contributed by atoms with Gasteiger partial charge in [-0.1, -0.05) is 6.07 Å². The third-order valence-electron chi connectivity index (χ3n) is 5.54. The van der Waals surface area contributed by atoms with E-state index in [9.17, 15) is 22.8 Å². The van der Waals surface area contributed by atoms with Crippen LogP contribution in [0.1, 0.15) is 33.1 Å². The van der Waals surface area contributed by atoms with Crippen molar-refractivity contribution in [1.29, 1.82) is 0 Å². The predicted octanol–water partition coefficient (Wildman–Crippen LogP) is 4.00. The molecule has 0 spiro atoms. The Kier molecular flexibility index (Phi) is 5.07. The summed E-state index contributed by atoms with van der Waals surface area (Å²) in [4.78, 5) is 28.5. The molecule has 1 aliphatic heterocycles. The fraction of sp³-hybridized carbons (Fsp3) is 0.476. The van der Waals surface area contributed by atoms with Gasteiger partial charge >= 0.3 is 6.18 Å². The lowest BCUT2D eigenvalue weighted by Crippen LogP contribution is -2.51. The molecule has 2 aromatic rings. The van der Waals surface area contributed by atoms with Crippen LogP contribution in [0.2, 0.25) is 0 Å². The summed E-state index contributed by atoms with van der Waals surface area (Å²) in [6, 6.07) is 5.27. The van der Waals surface area contributed by atoms with E-state index in [0.29, 0.717) is 23.5 Å². The first kappa shape index (κ1) is 20.4. The Balaban J connectivity index is 1.67. The number of aryl methyl sites for hydroxylation is 1. The Labute approximate surface area is 172 Å². The fourth-order valence-corrected chi connectivity index (χ4v) is 3.92. The molecule has 4 rings (SSSR count). The number of carbonyl (C=O) groups excluding carboxylic acids is 2. The lowest BCUT2D eigenvalue weighted by molar-refractivity contribution is -0.137. The molecule has 160 valence electrons. The van der Waals surface area contributed by atoms with Gasteiger partial charge in [0.25, 0.3) is 0 Å². The van der Waals surface area contributed by atoms with Crippen molar-refractivity contribution in [2.75, 3.05) is 16.3 Å². The minimum Gasteiger partial charge on any atom is -0.308 e. The fourth-order valence-electron chi connectivity index (χ4n) is 3.92. The number of amides is 2. The van der Waals surface area contributed by atoms with Gasteiger partial charge in [0, 0.05) is 37.7 Å². The molecular formula is C21H23F3N4O2. The number of halogens is 3. The first-order valence-corrected chi connectivity index (χ1v) is 9.99. The van der Waals surface area contributed by atoms with Gasteiger partial charge < -0.3 is 9.80 Å². The highest BCUT2D eigenvalue weighted by Crippen LogP contribution is 2.42. The Morgan fingerprint density at radius 2 is 1.90 bits per heavy atom. The molecule has 0 bridgehead atoms. The number of hydrogen-bond acceptors (Lipinski definition) is 3. The summed E-state index contributed by atoms with van der Waals surface area (Å²) < 4.78 is 38.7. The van der Waals surface area contributed by atoms with Crippen molar-refractivity contribution in [3.05, 3.63) is 30.6 Å². The lowest BCUT2D eigenvalue weighted by atomic mass is 10.0. The Bertz CT molecular complexity index is 981. The molecular weight excluding hydrogens is 397 g/mol. The van der Waals surface area contributed by atoms with Crippen LogP contribution in [0.5, 0.6) is 0 Å². The number of benzene rings is 1. The topological polar surface area (TPSA) is 58.4 Å². The maximum Gasteiger partial charge on any atom is 0.390 e. The van der Waals surface area contributed by atoms with Crippen molar-refractivity contribution in [3.63, 3.8) is 0 Å². The summed E-state index contributed by atoms with van der Waals surface area (Å²) in [6.07, 6.45) is -0.363. The number of alkyl halides is 3. The Morgan fingerprint density at radius 1 is 1.17 bits per heavy atom. The molecule has 1 atom stereocenters. The largest absolute Gasteiger partial charge is 0.390 e. The molecule has 1 aromatic heterocycles. The highest BCUT2D eigenvalue weighted by molar-refractivity contribution is 6.06. The van der Waals surface area contributed by atoms with Crippen molar-refractivity contribution in [1.82, 2.24) is 9.78 Å². The number of hydrogen-bond donors (Lipinski definition) is 0. The van der Waals surface area contributed by atoms with Crippen LogP contribution < -0.4 is 9.80 Å². The monoisotopic (exact) mass is 420 g/mol. The molecule has 9 heteroatoms. The zero-order chi connectivity index (χ0) is 21.6. The van der Waals surface area contributed by atoms with E-state index in [2.05, 4.69) is 5.10 Å². The summed E-state index contributed by atoms with van der Waals surface area (Å²) in [7, 11) is 0. The molecule has 1 aliphatic carbocycles. The van der Waals surface area contributed by atoms with Crippen LogP contribution in [0.25, 0.3) is 11.1 Å². The van der Waals surface area contributed by atoms with Crippen LogP contribution in [0.3, 0.4) is 0 Å². The molecule has 1 aromatic carbocycles. The van der Waals surface area contributed by atoms with Crippen LogP contribution in [0, 0.1) is 5.92 Å². The second kappa shape index (κ2) is 7.45. The average Bonchev–Trinajstić information content (AvgIpc) is 3.41. The van der Waals surface area contributed by atoms with Gasteiger partial charge in [-0.2, -0.15) is 18.3 Å². The minimum atomic E-state index is -4.24. The van der Waals surface area contributed by atoms with Crippen LogP contribution in [-0.4, -0.2) is 40.4 Å². The Hall–Kier alpha value is -2.84. The molecule has 0 saturated heterocycles. The van der Waals surface area contributed by atoms with Crippen LogP contribution in [0.4, 0.5) is 24.5 Å². The zero-order valence-electron chi connectivity index (χ0n) is 16.8. The molecule has 1 saturated carbocycles. The third kappa shape index (κ3) is 4.06. The van der Waals surface area contributed by atoms with E-state index in [1.807, 2.05) is 13.0 Å². The Morgan fingerprint density at radius 3 is 2.53 bits per heavy atom. The average molecular weight is 420 g/mol. The predicted molar refractivity (Wildman–Crippen MR) is 106 cm³/mol. The number of aromatic nitrogens is 2. The standard InChI is InChI=1S/C21H23F3N4O2/c1-13-11-27(20(30)15-3-4-15)19-9-16(5-6-18(19)28(13)14(2)29)17-10-25-26(12-17)8-7-21(22,23)24/h5-6,9-10,12-13,15H,3-4,7-8,11H2,1-2H3/t13-/m0/s1. The highest BCUT2D eigenvalue weighted by atomic mass is 19.4. The van der Waals surface area contributed by atoms with Gasteiger partial charge in [0.05, 0.1) is 30.0 Å². The maximum absolute atomic E-state index is 12.9. The van der Waals surface area contributed by atoms with Gasteiger partial charge in [-0.05, 0) is 37.5 Å². The normalized spacial score (nSPS) is 19.0. The number of rotatable bonds is 4. The van der Waals surface area contributed by atoms with Gasteiger partial charge in [-0.25, -0.2) is 0 Å². The molecule has 6 nitrogen and oxygen atoms in total. The smallest absolute Gasteiger partial charge is 0.308 e. The van der Waals surface area contributed by atoms with Gasteiger partial charge in [0.1, 0.15) is 0 Å². The number of carbonyl (C=O) groups is 2. The lowest BCUT2D eigenvalue weighted by Gasteiger charge is -2.41. The van der Waals surface area contributed by atoms with E-state index in [1.54, 1.807) is 28.1 Å².